The lowest BCUT2D eigenvalue weighted by atomic mass is 10.2. The summed E-state index contributed by atoms with van der Waals surface area (Å²) >= 11 is 6.13. The van der Waals surface area contributed by atoms with Crippen LogP contribution in [0, 0.1) is 6.92 Å². The molecule has 0 saturated carbocycles. The maximum atomic E-state index is 12.7. The third-order valence-electron chi connectivity index (χ3n) is 5.64. The number of morpholine rings is 1. The molecule has 0 spiro atoms. The minimum Gasteiger partial charge on any atom is -0.379 e. The van der Waals surface area contributed by atoms with Crippen LogP contribution in [0.15, 0.2) is 41.4 Å². The van der Waals surface area contributed by atoms with Crippen LogP contribution in [-0.2, 0) is 14.8 Å². The number of aryl methyl sites for hydroxylation is 1. The molecule has 4 rings (SSSR count). The molecule has 0 radical (unpaired) electrons. The summed E-state index contributed by atoms with van der Waals surface area (Å²) < 4.78 is 32.1. The lowest BCUT2D eigenvalue weighted by Crippen LogP contribution is -2.50. The van der Waals surface area contributed by atoms with Crippen LogP contribution in [0.1, 0.15) is 5.56 Å². The standard InChI is InChI=1S/C21H26ClN5O4S/c1-16-2-3-17(14-19(16)22)24-21(28)26-8-6-25(7-9-26)20-5-4-18(15-23-20)32(29,30)27-10-12-31-13-11-27/h2-5,14-15H,6-13H2,1H3,(H,24,28). The summed E-state index contributed by atoms with van der Waals surface area (Å²) in [4.78, 5) is 20.9. The number of ether oxygens (including phenoxy) is 1. The van der Waals surface area contributed by atoms with Gasteiger partial charge in [0.1, 0.15) is 10.7 Å². The van der Waals surface area contributed by atoms with Gasteiger partial charge in [-0.05, 0) is 36.8 Å². The van der Waals surface area contributed by atoms with E-state index in [-0.39, 0.29) is 10.9 Å². The fourth-order valence-corrected chi connectivity index (χ4v) is 5.19. The summed E-state index contributed by atoms with van der Waals surface area (Å²) in [6.07, 6.45) is 1.40. The Bertz CT molecular complexity index is 1070. The van der Waals surface area contributed by atoms with Crippen molar-refractivity contribution in [2.45, 2.75) is 11.8 Å². The smallest absolute Gasteiger partial charge is 0.321 e. The summed E-state index contributed by atoms with van der Waals surface area (Å²) in [5, 5.41) is 3.49. The molecule has 0 aliphatic carbocycles. The number of carbonyl (C=O) groups excluding carboxylic acids is 1. The molecule has 172 valence electrons. The summed E-state index contributed by atoms with van der Waals surface area (Å²) in [6, 6.07) is 8.56. The minimum atomic E-state index is -3.56. The van der Waals surface area contributed by atoms with Gasteiger partial charge in [0.05, 0.1) is 13.2 Å². The van der Waals surface area contributed by atoms with Gasteiger partial charge in [-0.25, -0.2) is 18.2 Å². The number of carbonyl (C=O) groups is 1. The highest BCUT2D eigenvalue weighted by Crippen LogP contribution is 2.22. The van der Waals surface area contributed by atoms with Crippen LogP contribution < -0.4 is 10.2 Å². The molecule has 0 bridgehead atoms. The first-order chi connectivity index (χ1) is 15.3. The SMILES string of the molecule is Cc1ccc(NC(=O)N2CCN(c3ccc(S(=O)(=O)N4CCOCC4)cn3)CC2)cc1Cl. The first-order valence-electron chi connectivity index (χ1n) is 10.5. The van der Waals surface area contributed by atoms with Crippen molar-refractivity contribution in [2.75, 3.05) is 62.7 Å². The zero-order valence-electron chi connectivity index (χ0n) is 17.8. The van der Waals surface area contributed by atoms with Gasteiger partial charge in [-0.2, -0.15) is 4.31 Å². The maximum Gasteiger partial charge on any atom is 0.321 e. The number of urea groups is 1. The van der Waals surface area contributed by atoms with Gasteiger partial charge in [0, 0.05) is 56.2 Å². The summed E-state index contributed by atoms with van der Waals surface area (Å²) in [5.74, 6) is 0.691. The molecular formula is C21H26ClN5O4S. The van der Waals surface area contributed by atoms with E-state index in [0.29, 0.717) is 69.0 Å². The van der Waals surface area contributed by atoms with Crippen molar-refractivity contribution in [3.05, 3.63) is 47.1 Å². The van der Waals surface area contributed by atoms with E-state index in [1.807, 2.05) is 24.0 Å². The van der Waals surface area contributed by atoms with E-state index in [2.05, 4.69) is 10.3 Å². The van der Waals surface area contributed by atoms with Gasteiger partial charge >= 0.3 is 6.03 Å². The lowest BCUT2D eigenvalue weighted by molar-refractivity contribution is 0.0730. The number of hydrogen-bond acceptors (Lipinski definition) is 6. The number of nitrogens with zero attached hydrogens (tertiary/aromatic N) is 4. The molecule has 2 aromatic rings. The number of amides is 2. The van der Waals surface area contributed by atoms with E-state index in [1.54, 1.807) is 23.1 Å². The number of halogens is 1. The number of rotatable bonds is 4. The number of piperazine rings is 1. The molecule has 11 heteroatoms. The molecular weight excluding hydrogens is 454 g/mol. The van der Waals surface area contributed by atoms with Gasteiger partial charge in [-0.1, -0.05) is 17.7 Å². The highest BCUT2D eigenvalue weighted by Gasteiger charge is 2.27. The molecule has 1 N–H and O–H groups in total. The molecule has 0 unspecified atom stereocenters. The van der Waals surface area contributed by atoms with Crippen LogP contribution in [-0.4, -0.2) is 81.1 Å². The van der Waals surface area contributed by atoms with Crippen LogP contribution in [0.5, 0.6) is 0 Å². The third kappa shape index (κ3) is 4.98. The van der Waals surface area contributed by atoms with E-state index >= 15 is 0 Å². The molecule has 3 heterocycles. The Hall–Kier alpha value is -2.40. The number of hydrogen-bond donors (Lipinski definition) is 1. The molecule has 2 saturated heterocycles. The quantitative estimate of drug-likeness (QED) is 0.723. The van der Waals surface area contributed by atoms with Crippen LogP contribution in [0.2, 0.25) is 5.02 Å². The van der Waals surface area contributed by atoms with E-state index in [4.69, 9.17) is 16.3 Å². The second kappa shape index (κ2) is 9.62. The van der Waals surface area contributed by atoms with Gasteiger partial charge in [0.15, 0.2) is 0 Å². The van der Waals surface area contributed by atoms with Gasteiger partial charge in [0.2, 0.25) is 10.0 Å². The summed E-state index contributed by atoms with van der Waals surface area (Å²) in [6.45, 7) is 5.67. The zero-order valence-corrected chi connectivity index (χ0v) is 19.4. The topological polar surface area (TPSA) is 95.1 Å². The van der Waals surface area contributed by atoms with Crippen molar-refractivity contribution in [3.63, 3.8) is 0 Å². The average molecular weight is 480 g/mol. The molecule has 1 aromatic carbocycles. The van der Waals surface area contributed by atoms with Gasteiger partial charge in [-0.3, -0.25) is 0 Å². The first kappa shape index (κ1) is 22.8. The van der Waals surface area contributed by atoms with E-state index in [1.165, 1.54) is 10.5 Å². The zero-order chi connectivity index (χ0) is 22.7. The fraction of sp³-hybridized carbons (Fsp3) is 0.429. The van der Waals surface area contributed by atoms with Crippen molar-refractivity contribution in [1.29, 1.82) is 0 Å². The highest BCUT2D eigenvalue weighted by atomic mass is 35.5. The molecule has 32 heavy (non-hydrogen) atoms. The Morgan fingerprint density at radius 3 is 2.41 bits per heavy atom. The fourth-order valence-electron chi connectivity index (χ4n) is 3.66. The molecule has 9 nitrogen and oxygen atoms in total. The number of anilines is 2. The second-order valence-electron chi connectivity index (χ2n) is 7.74. The van der Waals surface area contributed by atoms with Crippen molar-refractivity contribution < 1.29 is 17.9 Å². The molecule has 0 atom stereocenters. The third-order valence-corrected chi connectivity index (χ3v) is 7.93. The second-order valence-corrected chi connectivity index (χ2v) is 10.1. The number of benzene rings is 1. The van der Waals surface area contributed by atoms with Crippen LogP contribution >= 0.6 is 11.6 Å². The number of nitrogens with one attached hydrogen (secondary N) is 1. The first-order valence-corrected chi connectivity index (χ1v) is 12.3. The number of aromatic nitrogens is 1. The van der Waals surface area contributed by atoms with Crippen LogP contribution in [0.3, 0.4) is 0 Å². The average Bonchev–Trinajstić information content (AvgIpc) is 2.82. The van der Waals surface area contributed by atoms with Crippen molar-refractivity contribution in [2.24, 2.45) is 0 Å². The van der Waals surface area contributed by atoms with Crippen LogP contribution in [0.4, 0.5) is 16.3 Å². The Morgan fingerprint density at radius 2 is 1.78 bits per heavy atom. The Kier molecular flexibility index (Phi) is 6.85. The van der Waals surface area contributed by atoms with E-state index in [0.717, 1.165) is 5.56 Å². The molecule has 2 amide bonds. The van der Waals surface area contributed by atoms with Gasteiger partial charge < -0.3 is 19.9 Å². The van der Waals surface area contributed by atoms with Crippen molar-refractivity contribution in [1.82, 2.24) is 14.2 Å². The highest BCUT2D eigenvalue weighted by molar-refractivity contribution is 7.89. The Labute approximate surface area is 193 Å². The molecule has 1 aromatic heterocycles. The number of pyridine rings is 1. The predicted molar refractivity (Wildman–Crippen MR) is 123 cm³/mol. The lowest BCUT2D eigenvalue weighted by Gasteiger charge is -2.35. The molecule has 2 aliphatic heterocycles. The van der Waals surface area contributed by atoms with Crippen molar-refractivity contribution >= 4 is 39.2 Å². The summed E-state index contributed by atoms with van der Waals surface area (Å²) in [7, 11) is -3.56. The Morgan fingerprint density at radius 1 is 1.06 bits per heavy atom. The van der Waals surface area contributed by atoms with Crippen molar-refractivity contribution in [3.8, 4) is 0 Å². The Balaban J connectivity index is 1.33. The predicted octanol–water partition coefficient (Wildman–Crippen LogP) is 2.42. The van der Waals surface area contributed by atoms with E-state index in [9.17, 15) is 13.2 Å². The van der Waals surface area contributed by atoms with Gasteiger partial charge in [0.25, 0.3) is 0 Å². The van der Waals surface area contributed by atoms with E-state index < -0.39 is 10.0 Å². The minimum absolute atomic E-state index is 0.176. The molecule has 2 aliphatic rings. The van der Waals surface area contributed by atoms with Gasteiger partial charge in [-0.15, -0.1) is 0 Å². The maximum absolute atomic E-state index is 12.7. The van der Waals surface area contributed by atoms with Crippen LogP contribution in [0.25, 0.3) is 0 Å². The monoisotopic (exact) mass is 479 g/mol. The summed E-state index contributed by atoms with van der Waals surface area (Å²) in [5.41, 5.74) is 1.61. The molecule has 2 fully saturated rings. The number of sulfonamides is 1. The normalized spacial score (nSPS) is 17.9. The largest absolute Gasteiger partial charge is 0.379 e.